The Kier molecular flexibility index (Phi) is 9.58. The van der Waals surface area contributed by atoms with E-state index < -0.39 is 50.7 Å². The van der Waals surface area contributed by atoms with Crippen LogP contribution in [0.25, 0.3) is 0 Å². The maximum Gasteiger partial charge on any atom is 0.432 e. The summed E-state index contributed by atoms with van der Waals surface area (Å²) in [7, 11) is 0. The number of allylic oxidation sites excluding steroid dienone is 1. The monoisotopic (exact) mass is 614 g/mol. The summed E-state index contributed by atoms with van der Waals surface area (Å²) < 4.78 is 91.1. The summed E-state index contributed by atoms with van der Waals surface area (Å²) in [5.41, 5.74) is 0.112. The zero-order chi connectivity index (χ0) is 30.4. The number of halogens is 8. The molecule has 0 aliphatic rings. The van der Waals surface area contributed by atoms with Gasteiger partial charge in [-0.25, -0.2) is 17.6 Å². The number of alkyl halides is 2. The second-order valence-corrected chi connectivity index (χ2v) is 9.67. The third-order valence-electron chi connectivity index (χ3n) is 5.79. The lowest BCUT2D eigenvalue weighted by Gasteiger charge is -2.20. The summed E-state index contributed by atoms with van der Waals surface area (Å²) in [6, 6.07) is 14.1. The van der Waals surface area contributed by atoms with Crippen LogP contribution in [-0.4, -0.2) is 0 Å². The summed E-state index contributed by atoms with van der Waals surface area (Å²) in [6.45, 7) is 3.70. The van der Waals surface area contributed by atoms with Gasteiger partial charge in [0.15, 0.2) is 5.82 Å². The summed E-state index contributed by atoms with van der Waals surface area (Å²) in [5.74, 6) is 4.70. The first kappa shape index (κ1) is 30.7. The van der Waals surface area contributed by atoms with Crippen LogP contribution in [0.1, 0.15) is 39.8 Å². The zero-order valence-electron chi connectivity index (χ0n) is 21.5. The second-order valence-electron chi connectivity index (χ2n) is 8.85. The van der Waals surface area contributed by atoms with E-state index in [2.05, 4.69) is 35.0 Å². The van der Waals surface area contributed by atoms with Gasteiger partial charge in [0.2, 0.25) is 0 Å². The Bertz CT molecular complexity index is 1730. The van der Waals surface area contributed by atoms with Gasteiger partial charge in [-0.1, -0.05) is 65.1 Å². The molecule has 4 aromatic rings. The number of benzene rings is 4. The molecule has 0 atom stereocenters. The molecule has 0 radical (unpaired) electrons. The molecular weight excluding hydrogens is 597 g/mol. The van der Waals surface area contributed by atoms with Crippen molar-refractivity contribution in [1.82, 2.24) is 0 Å². The Hall–Kier alpha value is -4.30. The molecule has 0 saturated heterocycles. The van der Waals surface area contributed by atoms with Gasteiger partial charge in [-0.05, 0) is 60.9 Å². The Morgan fingerprint density at radius 1 is 0.714 bits per heavy atom. The van der Waals surface area contributed by atoms with Gasteiger partial charge in [-0.15, -0.1) is 6.58 Å². The number of ether oxygens (including phenoxy) is 1. The lowest BCUT2D eigenvalue weighted by molar-refractivity contribution is -0.189. The van der Waals surface area contributed by atoms with Crippen LogP contribution in [0.2, 0.25) is 10.0 Å². The van der Waals surface area contributed by atoms with E-state index in [0.717, 1.165) is 30.0 Å². The van der Waals surface area contributed by atoms with Crippen molar-refractivity contribution < 1.29 is 31.1 Å². The summed E-state index contributed by atoms with van der Waals surface area (Å²) in [5, 5.41) is -1.26. The van der Waals surface area contributed by atoms with Gasteiger partial charge in [0.1, 0.15) is 28.8 Å². The number of rotatable bonds is 6. The first-order chi connectivity index (χ1) is 20.0. The van der Waals surface area contributed by atoms with E-state index in [1.807, 2.05) is 30.3 Å². The molecule has 0 unspecified atom stereocenters. The van der Waals surface area contributed by atoms with Crippen molar-refractivity contribution in [1.29, 1.82) is 0 Å². The van der Waals surface area contributed by atoms with Crippen LogP contribution in [0.4, 0.5) is 26.3 Å². The molecular formula is C33H18Cl2F6O. The van der Waals surface area contributed by atoms with Crippen LogP contribution in [0.5, 0.6) is 5.75 Å². The Morgan fingerprint density at radius 3 is 1.86 bits per heavy atom. The van der Waals surface area contributed by atoms with Crippen LogP contribution in [-0.2, 0) is 12.5 Å². The first-order valence-electron chi connectivity index (χ1n) is 12.2. The third-order valence-corrected chi connectivity index (χ3v) is 6.34. The van der Waals surface area contributed by atoms with Crippen LogP contribution in [0, 0.1) is 47.0 Å². The van der Waals surface area contributed by atoms with Crippen LogP contribution in [0.3, 0.4) is 0 Å². The van der Waals surface area contributed by atoms with Gasteiger partial charge in [0, 0.05) is 28.8 Å². The predicted octanol–water partition coefficient (Wildman–Crippen LogP) is 9.60. The van der Waals surface area contributed by atoms with Gasteiger partial charge in [-0.3, -0.25) is 0 Å². The number of hydrogen-bond donors (Lipinski definition) is 0. The minimum absolute atomic E-state index is 0.101. The van der Waals surface area contributed by atoms with Crippen LogP contribution < -0.4 is 4.74 Å². The molecule has 0 N–H and O–H groups in total. The molecule has 0 saturated carbocycles. The first-order valence-corrected chi connectivity index (χ1v) is 13.0. The van der Waals surface area contributed by atoms with Gasteiger partial charge >= 0.3 is 6.11 Å². The van der Waals surface area contributed by atoms with Crippen LogP contribution in [0.15, 0.2) is 79.4 Å². The average Bonchev–Trinajstić information content (AvgIpc) is 2.93. The molecule has 0 aromatic heterocycles. The van der Waals surface area contributed by atoms with E-state index in [4.69, 9.17) is 23.2 Å². The van der Waals surface area contributed by atoms with E-state index >= 15 is 0 Å². The topological polar surface area (TPSA) is 9.23 Å². The Labute approximate surface area is 248 Å². The van der Waals surface area contributed by atoms with E-state index in [1.165, 1.54) is 12.1 Å². The quantitative estimate of drug-likeness (QED) is 0.0909. The van der Waals surface area contributed by atoms with Crippen molar-refractivity contribution in [3.05, 3.63) is 146 Å². The molecule has 0 bridgehead atoms. The fourth-order valence-corrected chi connectivity index (χ4v) is 4.18. The van der Waals surface area contributed by atoms with Gasteiger partial charge in [0.05, 0.1) is 15.6 Å². The normalized spacial score (nSPS) is 10.8. The van der Waals surface area contributed by atoms with Crippen LogP contribution >= 0.6 is 23.2 Å². The molecule has 0 heterocycles. The average molecular weight is 615 g/mol. The highest BCUT2D eigenvalue weighted by Gasteiger charge is 2.41. The molecule has 1 nitrogen and oxygen atoms in total. The highest BCUT2D eigenvalue weighted by atomic mass is 35.5. The van der Waals surface area contributed by atoms with Gasteiger partial charge < -0.3 is 4.74 Å². The van der Waals surface area contributed by atoms with E-state index in [-0.39, 0.29) is 11.1 Å². The van der Waals surface area contributed by atoms with Crippen molar-refractivity contribution >= 4 is 23.2 Å². The fourth-order valence-electron chi connectivity index (χ4n) is 3.72. The Morgan fingerprint density at radius 2 is 1.26 bits per heavy atom. The molecule has 42 heavy (non-hydrogen) atoms. The molecule has 0 fully saturated rings. The minimum Gasteiger partial charge on any atom is -0.429 e. The second kappa shape index (κ2) is 13.1. The van der Waals surface area contributed by atoms with Gasteiger partial charge in [-0.2, -0.15) is 8.78 Å². The number of aryl methyl sites for hydroxylation is 1. The third kappa shape index (κ3) is 7.50. The van der Waals surface area contributed by atoms with Crippen molar-refractivity contribution in [3.8, 4) is 29.4 Å². The summed E-state index contributed by atoms with van der Waals surface area (Å²) in [4.78, 5) is 0. The molecule has 0 aliphatic carbocycles. The largest absolute Gasteiger partial charge is 0.432 e. The predicted molar refractivity (Wildman–Crippen MR) is 151 cm³/mol. The maximum atomic E-state index is 14.7. The molecule has 0 aliphatic heterocycles. The molecule has 9 heteroatoms. The van der Waals surface area contributed by atoms with Crippen molar-refractivity contribution in [2.75, 3.05) is 0 Å². The lowest BCUT2D eigenvalue weighted by atomic mass is 10.1. The van der Waals surface area contributed by atoms with E-state index in [0.29, 0.717) is 29.8 Å². The van der Waals surface area contributed by atoms with Gasteiger partial charge in [0.25, 0.3) is 0 Å². The molecule has 212 valence electrons. The molecule has 4 rings (SSSR count). The maximum absolute atomic E-state index is 14.7. The highest BCUT2D eigenvalue weighted by molar-refractivity contribution is 6.35. The standard InChI is InChI=1S/C33H18Cl2F6O/c1-2-3-4-20-5-7-21(8-6-20)9-10-22-11-13-24(28(36)15-22)14-12-23-16-29(37)31(30(38)17-23)33(40,41)42-25-18-26(34)32(39)27(35)19-25/h2,5-8,11,13,15-19H,1,3-4H2. The zero-order valence-corrected chi connectivity index (χ0v) is 23.0. The molecule has 0 spiro atoms. The number of hydrogen-bond acceptors (Lipinski definition) is 1. The van der Waals surface area contributed by atoms with Crippen molar-refractivity contribution in [2.45, 2.75) is 19.0 Å². The highest BCUT2D eigenvalue weighted by Crippen LogP contribution is 2.38. The summed E-state index contributed by atoms with van der Waals surface area (Å²) >= 11 is 11.1. The lowest BCUT2D eigenvalue weighted by Crippen LogP contribution is -2.25. The van der Waals surface area contributed by atoms with Crippen molar-refractivity contribution in [3.63, 3.8) is 0 Å². The SMILES string of the molecule is C=CCCc1ccc(C#Cc2ccc(C#Cc3cc(F)c(C(F)(F)Oc4cc(Cl)c(F)c(Cl)c4)c(F)c3)c(F)c2)cc1. The fraction of sp³-hybridized carbons (Fsp3) is 0.0909. The smallest absolute Gasteiger partial charge is 0.429 e. The Balaban J connectivity index is 1.51. The molecule has 4 aromatic carbocycles. The minimum atomic E-state index is -4.53. The van der Waals surface area contributed by atoms with E-state index in [1.54, 1.807) is 0 Å². The molecule has 0 amide bonds. The van der Waals surface area contributed by atoms with E-state index in [9.17, 15) is 26.3 Å². The van der Waals surface area contributed by atoms with Crippen molar-refractivity contribution in [2.24, 2.45) is 0 Å². The summed E-state index contributed by atoms with van der Waals surface area (Å²) in [6.07, 6.45) is -0.947.